The van der Waals surface area contributed by atoms with Crippen LogP contribution in [0.15, 0.2) is 4.79 Å². The van der Waals surface area contributed by atoms with Crippen molar-refractivity contribution in [2.75, 3.05) is 26.2 Å². The minimum atomic E-state index is -0.493. The Hall–Kier alpha value is -2.16. The molecular formula is C19H29N5O4. The van der Waals surface area contributed by atoms with Crippen LogP contribution in [-0.2, 0) is 34.0 Å². The van der Waals surface area contributed by atoms with Crippen LogP contribution in [0.1, 0.15) is 45.4 Å². The third-order valence-corrected chi connectivity index (χ3v) is 6.31. The summed E-state index contributed by atoms with van der Waals surface area (Å²) in [6.45, 7) is 7.43. The van der Waals surface area contributed by atoms with Crippen LogP contribution < -0.4 is 5.69 Å². The number of aryl methyl sites for hydroxylation is 1. The number of ether oxygens (including phenoxy) is 1. The molecule has 4 rings (SSSR count). The molecule has 9 heteroatoms. The van der Waals surface area contributed by atoms with Crippen molar-refractivity contribution in [1.29, 1.82) is 0 Å². The maximum atomic E-state index is 13.0. The van der Waals surface area contributed by atoms with Gasteiger partial charge in [0.2, 0.25) is 11.8 Å². The first-order valence-corrected chi connectivity index (χ1v) is 10.3. The molecule has 9 nitrogen and oxygen atoms in total. The van der Waals surface area contributed by atoms with Crippen molar-refractivity contribution in [1.82, 2.24) is 24.1 Å². The fourth-order valence-corrected chi connectivity index (χ4v) is 4.64. The average molecular weight is 391 g/mol. The number of carbonyl (C=O) groups is 2. The number of hydrogen-bond donors (Lipinski definition) is 0. The van der Waals surface area contributed by atoms with Gasteiger partial charge in [0.15, 0.2) is 5.82 Å². The molecule has 154 valence electrons. The molecule has 1 spiro atoms. The van der Waals surface area contributed by atoms with Crippen LogP contribution >= 0.6 is 0 Å². The highest BCUT2D eigenvalue weighted by atomic mass is 16.5. The van der Waals surface area contributed by atoms with Crippen LogP contribution in [0.3, 0.4) is 0 Å². The summed E-state index contributed by atoms with van der Waals surface area (Å²) in [4.78, 5) is 40.8. The second-order valence-electron chi connectivity index (χ2n) is 8.27. The average Bonchev–Trinajstić information content (AvgIpc) is 3.24. The third-order valence-electron chi connectivity index (χ3n) is 6.31. The van der Waals surface area contributed by atoms with Crippen LogP contribution in [0.4, 0.5) is 0 Å². The van der Waals surface area contributed by atoms with E-state index in [1.807, 2.05) is 11.8 Å². The first kappa shape index (κ1) is 19.2. The van der Waals surface area contributed by atoms with Crippen LogP contribution in [0.5, 0.6) is 0 Å². The van der Waals surface area contributed by atoms with E-state index < -0.39 is 5.60 Å². The van der Waals surface area contributed by atoms with Gasteiger partial charge in [0.25, 0.3) is 0 Å². The Morgan fingerprint density at radius 3 is 2.61 bits per heavy atom. The summed E-state index contributed by atoms with van der Waals surface area (Å²) in [7, 11) is 0. The van der Waals surface area contributed by atoms with E-state index in [-0.39, 0.29) is 23.4 Å². The fourth-order valence-electron chi connectivity index (χ4n) is 4.64. The van der Waals surface area contributed by atoms with E-state index >= 15 is 0 Å². The largest absolute Gasteiger partial charge is 0.363 e. The van der Waals surface area contributed by atoms with Gasteiger partial charge in [-0.25, -0.2) is 9.48 Å². The van der Waals surface area contributed by atoms with Gasteiger partial charge in [-0.1, -0.05) is 6.92 Å². The molecule has 2 saturated heterocycles. The normalized spacial score (nSPS) is 25.4. The molecule has 0 saturated carbocycles. The topological polar surface area (TPSA) is 89.7 Å². The lowest BCUT2D eigenvalue weighted by atomic mass is 9.95. The van der Waals surface area contributed by atoms with Crippen LogP contribution in [0.2, 0.25) is 0 Å². The number of aromatic nitrogens is 3. The maximum Gasteiger partial charge on any atom is 0.346 e. The number of piperidine rings is 1. The molecule has 4 heterocycles. The predicted octanol–water partition coefficient (Wildman–Crippen LogP) is 0.215. The molecular weight excluding hydrogens is 362 g/mol. The standard InChI is InChI=1S/C19H29N5O4/c1-3-7-24-18(27)23-13-19(28-11-16(23)20-24)6-10-22(12-19)17(26)15-4-8-21(9-5-15)14(2)25/h15H,3-13H2,1-2H3. The SMILES string of the molecule is CCCn1nc2n(c1=O)CC1(CCN(C(=O)C3CCN(C(C)=O)CC3)C1)OC2. The van der Waals surface area contributed by atoms with Gasteiger partial charge in [0, 0.05) is 39.0 Å². The van der Waals surface area contributed by atoms with Gasteiger partial charge >= 0.3 is 5.69 Å². The van der Waals surface area contributed by atoms with Crippen molar-refractivity contribution in [3.63, 3.8) is 0 Å². The van der Waals surface area contributed by atoms with Gasteiger partial charge in [-0.2, -0.15) is 5.10 Å². The second kappa shape index (κ2) is 7.35. The molecule has 1 unspecified atom stereocenters. The van der Waals surface area contributed by atoms with Gasteiger partial charge in [0.1, 0.15) is 12.2 Å². The maximum absolute atomic E-state index is 13.0. The summed E-state index contributed by atoms with van der Waals surface area (Å²) in [5.74, 6) is 0.875. The van der Waals surface area contributed by atoms with E-state index in [9.17, 15) is 14.4 Å². The molecule has 2 amide bonds. The molecule has 0 aliphatic carbocycles. The lowest BCUT2D eigenvalue weighted by Gasteiger charge is -2.35. The van der Waals surface area contributed by atoms with E-state index in [1.165, 1.54) is 4.68 Å². The first-order chi connectivity index (χ1) is 13.4. The Balaban J connectivity index is 1.41. The Morgan fingerprint density at radius 1 is 1.18 bits per heavy atom. The van der Waals surface area contributed by atoms with E-state index in [2.05, 4.69) is 5.10 Å². The molecule has 0 N–H and O–H groups in total. The van der Waals surface area contributed by atoms with Gasteiger partial charge < -0.3 is 14.5 Å². The van der Waals surface area contributed by atoms with Crippen LogP contribution in [-0.4, -0.2) is 67.7 Å². The summed E-state index contributed by atoms with van der Waals surface area (Å²) in [5.41, 5.74) is -0.576. The number of fused-ring (bicyclic) bond motifs is 1. The van der Waals surface area contributed by atoms with Crippen molar-refractivity contribution >= 4 is 11.8 Å². The van der Waals surface area contributed by atoms with Crippen molar-refractivity contribution in [2.45, 2.75) is 64.8 Å². The molecule has 3 aliphatic rings. The predicted molar refractivity (Wildman–Crippen MR) is 100 cm³/mol. The second-order valence-corrected chi connectivity index (χ2v) is 8.27. The molecule has 0 bridgehead atoms. The summed E-state index contributed by atoms with van der Waals surface area (Å²) in [6.07, 6.45) is 3.02. The summed E-state index contributed by atoms with van der Waals surface area (Å²) >= 11 is 0. The summed E-state index contributed by atoms with van der Waals surface area (Å²) < 4.78 is 9.37. The quantitative estimate of drug-likeness (QED) is 0.735. The zero-order chi connectivity index (χ0) is 19.9. The first-order valence-electron chi connectivity index (χ1n) is 10.3. The highest BCUT2D eigenvalue weighted by Crippen LogP contribution is 2.33. The van der Waals surface area contributed by atoms with Crippen LogP contribution in [0.25, 0.3) is 0 Å². The minimum absolute atomic E-state index is 0.0278. The van der Waals surface area contributed by atoms with E-state index in [0.717, 1.165) is 25.7 Å². The Morgan fingerprint density at radius 2 is 1.93 bits per heavy atom. The number of rotatable bonds is 3. The minimum Gasteiger partial charge on any atom is -0.363 e. The molecule has 28 heavy (non-hydrogen) atoms. The molecule has 3 aliphatic heterocycles. The highest BCUT2D eigenvalue weighted by Gasteiger charge is 2.46. The number of amides is 2. The lowest BCUT2D eigenvalue weighted by Crippen LogP contribution is -2.48. The number of carbonyl (C=O) groups excluding carboxylic acids is 2. The Kier molecular flexibility index (Phi) is 5.03. The van der Waals surface area contributed by atoms with Gasteiger partial charge in [-0.05, 0) is 25.7 Å². The number of likely N-dealkylation sites (tertiary alicyclic amines) is 2. The smallest absolute Gasteiger partial charge is 0.346 e. The summed E-state index contributed by atoms with van der Waals surface area (Å²) in [5, 5.41) is 4.37. The number of nitrogens with zero attached hydrogens (tertiary/aromatic N) is 5. The van der Waals surface area contributed by atoms with Crippen molar-refractivity contribution in [2.24, 2.45) is 5.92 Å². The molecule has 0 radical (unpaired) electrons. The third kappa shape index (κ3) is 3.36. The Bertz CT molecular complexity index is 823. The van der Waals surface area contributed by atoms with Gasteiger partial charge in [-0.15, -0.1) is 0 Å². The Labute approximate surface area is 164 Å². The van der Waals surface area contributed by atoms with Gasteiger partial charge in [0.05, 0.1) is 13.1 Å². The molecule has 1 aromatic heterocycles. The zero-order valence-electron chi connectivity index (χ0n) is 16.7. The molecule has 1 aromatic rings. The van der Waals surface area contributed by atoms with Crippen LogP contribution in [0, 0.1) is 5.92 Å². The van der Waals surface area contributed by atoms with E-state index in [0.29, 0.717) is 51.7 Å². The van der Waals surface area contributed by atoms with E-state index in [4.69, 9.17) is 4.74 Å². The lowest BCUT2D eigenvalue weighted by molar-refractivity contribution is -0.141. The number of hydrogen-bond acceptors (Lipinski definition) is 5. The fraction of sp³-hybridized carbons (Fsp3) is 0.789. The van der Waals surface area contributed by atoms with Crippen molar-refractivity contribution in [3.8, 4) is 0 Å². The summed E-state index contributed by atoms with van der Waals surface area (Å²) in [6, 6.07) is 0. The highest BCUT2D eigenvalue weighted by molar-refractivity contribution is 5.80. The molecule has 2 fully saturated rings. The monoisotopic (exact) mass is 391 g/mol. The van der Waals surface area contributed by atoms with E-state index in [1.54, 1.807) is 16.4 Å². The van der Waals surface area contributed by atoms with Crippen molar-refractivity contribution in [3.05, 3.63) is 16.3 Å². The molecule has 1 atom stereocenters. The zero-order valence-corrected chi connectivity index (χ0v) is 16.7. The van der Waals surface area contributed by atoms with Crippen molar-refractivity contribution < 1.29 is 14.3 Å². The van der Waals surface area contributed by atoms with Gasteiger partial charge in [-0.3, -0.25) is 14.2 Å². The molecule has 0 aromatic carbocycles.